The minimum Gasteiger partial charge on any atom is -0.491 e. The summed E-state index contributed by atoms with van der Waals surface area (Å²) >= 11 is 0. The summed E-state index contributed by atoms with van der Waals surface area (Å²) in [7, 11) is 1.63. The van der Waals surface area contributed by atoms with Crippen molar-refractivity contribution in [3.05, 3.63) is 66.8 Å². The van der Waals surface area contributed by atoms with E-state index in [9.17, 15) is 0 Å². The van der Waals surface area contributed by atoms with Gasteiger partial charge in [-0.05, 0) is 18.2 Å². The number of rotatable bonds is 6. The lowest BCUT2D eigenvalue weighted by Crippen LogP contribution is -2.37. The highest BCUT2D eigenvalue weighted by atomic mass is 16.5. The summed E-state index contributed by atoms with van der Waals surface area (Å²) in [6.07, 6.45) is 6.67. The minimum atomic E-state index is -0.226. The maximum absolute atomic E-state index is 5.81. The van der Waals surface area contributed by atoms with E-state index in [1.54, 1.807) is 32.0 Å². The molecule has 1 saturated heterocycles. The Hall–Kier alpha value is -3.85. The SMILES string of the molecule is COc1c(Nc2ccncc2)nc(N2CCOCC2)nc1-c1cccc(C2NC=CO2)c1. The summed E-state index contributed by atoms with van der Waals surface area (Å²) in [6.45, 7) is 2.74. The fraction of sp³-hybridized carbons (Fsp3) is 0.261. The molecule has 32 heavy (non-hydrogen) atoms. The topological polar surface area (TPSA) is 93.7 Å². The average molecular weight is 432 g/mol. The largest absolute Gasteiger partial charge is 0.491 e. The third-order valence-electron chi connectivity index (χ3n) is 5.29. The van der Waals surface area contributed by atoms with Gasteiger partial charge in [0, 0.05) is 48.5 Å². The molecule has 2 aliphatic rings. The summed E-state index contributed by atoms with van der Waals surface area (Å²) in [6, 6.07) is 11.8. The van der Waals surface area contributed by atoms with Gasteiger partial charge in [0.1, 0.15) is 12.0 Å². The van der Waals surface area contributed by atoms with Crippen LogP contribution >= 0.6 is 0 Å². The Labute approximate surface area is 186 Å². The Balaban J connectivity index is 1.60. The molecule has 1 aromatic carbocycles. The zero-order chi connectivity index (χ0) is 21.8. The minimum absolute atomic E-state index is 0.226. The number of nitrogens with zero attached hydrogens (tertiary/aromatic N) is 4. The van der Waals surface area contributed by atoms with Crippen molar-refractivity contribution < 1.29 is 14.2 Å². The van der Waals surface area contributed by atoms with Gasteiger partial charge in [0.2, 0.25) is 5.95 Å². The van der Waals surface area contributed by atoms with E-state index < -0.39 is 0 Å². The van der Waals surface area contributed by atoms with E-state index in [2.05, 4.69) is 26.6 Å². The number of anilines is 3. The molecule has 9 nitrogen and oxygen atoms in total. The summed E-state index contributed by atoms with van der Waals surface area (Å²) in [5, 5.41) is 6.54. The maximum Gasteiger partial charge on any atom is 0.228 e. The van der Waals surface area contributed by atoms with Gasteiger partial charge in [-0.15, -0.1) is 0 Å². The predicted octanol–water partition coefficient (Wildman–Crippen LogP) is 3.22. The molecule has 1 fully saturated rings. The fourth-order valence-electron chi connectivity index (χ4n) is 3.70. The van der Waals surface area contributed by atoms with E-state index >= 15 is 0 Å². The first-order valence-electron chi connectivity index (χ1n) is 10.4. The van der Waals surface area contributed by atoms with Crippen molar-refractivity contribution in [3.63, 3.8) is 0 Å². The number of hydrogen-bond donors (Lipinski definition) is 2. The van der Waals surface area contributed by atoms with Gasteiger partial charge in [0.25, 0.3) is 0 Å². The van der Waals surface area contributed by atoms with Crippen molar-refractivity contribution in [2.45, 2.75) is 6.23 Å². The van der Waals surface area contributed by atoms with Crippen molar-refractivity contribution in [1.29, 1.82) is 0 Å². The Morgan fingerprint density at radius 1 is 1.12 bits per heavy atom. The molecule has 3 aromatic rings. The van der Waals surface area contributed by atoms with Crippen molar-refractivity contribution in [3.8, 4) is 17.0 Å². The quantitative estimate of drug-likeness (QED) is 0.609. The molecule has 9 heteroatoms. The van der Waals surface area contributed by atoms with Crippen LogP contribution in [0.25, 0.3) is 11.3 Å². The molecule has 0 radical (unpaired) electrons. The standard InChI is InChI=1S/C23H24N6O3/c1-30-20-19(16-3-2-4-17(15-16)22-25-9-12-32-22)27-23(29-10-13-31-14-11-29)28-21(20)26-18-5-7-24-8-6-18/h2-9,12,15,22,25H,10-11,13-14H2,1H3,(H,24,26,27,28). The van der Waals surface area contributed by atoms with Gasteiger partial charge in [-0.1, -0.05) is 18.2 Å². The highest BCUT2D eigenvalue weighted by Crippen LogP contribution is 2.38. The van der Waals surface area contributed by atoms with Crippen molar-refractivity contribution in [1.82, 2.24) is 20.3 Å². The maximum atomic E-state index is 5.81. The van der Waals surface area contributed by atoms with Crippen LogP contribution in [0.3, 0.4) is 0 Å². The normalized spacial score (nSPS) is 17.5. The van der Waals surface area contributed by atoms with Crippen LogP contribution in [0.1, 0.15) is 11.8 Å². The van der Waals surface area contributed by atoms with E-state index in [1.165, 1.54) is 0 Å². The molecule has 2 N–H and O–H groups in total. The zero-order valence-corrected chi connectivity index (χ0v) is 17.7. The number of hydrogen-bond acceptors (Lipinski definition) is 9. The summed E-state index contributed by atoms with van der Waals surface area (Å²) in [4.78, 5) is 15.9. The van der Waals surface area contributed by atoms with Gasteiger partial charge < -0.3 is 29.7 Å². The highest BCUT2D eigenvalue weighted by Gasteiger charge is 2.23. The zero-order valence-electron chi connectivity index (χ0n) is 17.7. The molecule has 0 amide bonds. The summed E-state index contributed by atoms with van der Waals surface area (Å²) in [5.74, 6) is 1.78. The van der Waals surface area contributed by atoms with Crippen molar-refractivity contribution in [2.24, 2.45) is 0 Å². The van der Waals surface area contributed by atoms with Crippen LogP contribution < -0.4 is 20.3 Å². The molecular weight excluding hydrogens is 408 g/mol. The Morgan fingerprint density at radius 2 is 1.97 bits per heavy atom. The van der Waals surface area contributed by atoms with Gasteiger partial charge in [-0.3, -0.25) is 4.98 Å². The smallest absolute Gasteiger partial charge is 0.228 e. The second kappa shape index (κ2) is 9.11. The molecule has 0 saturated carbocycles. The molecule has 2 aromatic heterocycles. The van der Waals surface area contributed by atoms with Crippen LogP contribution in [-0.4, -0.2) is 48.4 Å². The molecule has 0 aliphatic carbocycles. The molecule has 0 bridgehead atoms. The molecule has 2 aliphatic heterocycles. The van der Waals surface area contributed by atoms with Crippen LogP contribution in [0.2, 0.25) is 0 Å². The van der Waals surface area contributed by atoms with E-state index in [4.69, 9.17) is 24.2 Å². The van der Waals surface area contributed by atoms with E-state index in [0.717, 1.165) is 29.9 Å². The second-order valence-corrected chi connectivity index (χ2v) is 7.33. The van der Waals surface area contributed by atoms with Crippen LogP contribution in [0.5, 0.6) is 5.75 Å². The molecule has 1 atom stereocenters. The lowest BCUT2D eigenvalue weighted by atomic mass is 10.1. The van der Waals surface area contributed by atoms with Crippen molar-refractivity contribution in [2.75, 3.05) is 43.6 Å². The predicted molar refractivity (Wildman–Crippen MR) is 121 cm³/mol. The fourth-order valence-corrected chi connectivity index (χ4v) is 3.70. The first-order chi connectivity index (χ1) is 15.8. The van der Waals surface area contributed by atoms with Crippen molar-refractivity contribution >= 4 is 17.5 Å². The summed E-state index contributed by atoms with van der Waals surface area (Å²) in [5.41, 5.74) is 3.46. The molecule has 4 heterocycles. The number of morpholine rings is 1. The highest BCUT2D eigenvalue weighted by molar-refractivity contribution is 5.77. The number of nitrogens with one attached hydrogen (secondary N) is 2. The molecule has 5 rings (SSSR count). The van der Waals surface area contributed by atoms with Gasteiger partial charge in [0.15, 0.2) is 17.8 Å². The molecule has 1 unspecified atom stereocenters. The molecule has 164 valence electrons. The summed E-state index contributed by atoms with van der Waals surface area (Å²) < 4.78 is 16.9. The lowest BCUT2D eigenvalue weighted by Gasteiger charge is -2.28. The average Bonchev–Trinajstić information content (AvgIpc) is 3.40. The first-order valence-corrected chi connectivity index (χ1v) is 10.4. The van der Waals surface area contributed by atoms with E-state index in [-0.39, 0.29) is 6.23 Å². The van der Waals surface area contributed by atoms with Gasteiger partial charge in [0.05, 0.1) is 20.3 Å². The van der Waals surface area contributed by atoms with Gasteiger partial charge in [-0.2, -0.15) is 4.98 Å². The third-order valence-corrected chi connectivity index (χ3v) is 5.29. The Bertz CT molecular complexity index is 1090. The van der Waals surface area contributed by atoms with Crippen LogP contribution in [0, 0.1) is 0 Å². The second-order valence-electron chi connectivity index (χ2n) is 7.33. The van der Waals surface area contributed by atoms with Crippen LogP contribution in [0.15, 0.2) is 61.3 Å². The number of benzene rings is 1. The van der Waals surface area contributed by atoms with Crippen LogP contribution in [0.4, 0.5) is 17.5 Å². The molecular formula is C23H24N6O3. The number of ether oxygens (including phenoxy) is 3. The van der Waals surface area contributed by atoms with E-state index in [0.29, 0.717) is 36.4 Å². The van der Waals surface area contributed by atoms with Gasteiger partial charge in [-0.25, -0.2) is 4.98 Å². The third kappa shape index (κ3) is 4.15. The van der Waals surface area contributed by atoms with Gasteiger partial charge >= 0.3 is 0 Å². The number of aromatic nitrogens is 3. The number of pyridine rings is 1. The molecule has 0 spiro atoms. The van der Waals surface area contributed by atoms with E-state index in [1.807, 2.05) is 30.3 Å². The Kier molecular flexibility index (Phi) is 5.71. The first kappa shape index (κ1) is 20.1. The Morgan fingerprint density at radius 3 is 2.72 bits per heavy atom. The monoisotopic (exact) mass is 432 g/mol. The number of methoxy groups -OCH3 is 1. The lowest BCUT2D eigenvalue weighted by molar-refractivity contribution is 0.122. The van der Waals surface area contributed by atoms with Crippen LogP contribution in [-0.2, 0) is 9.47 Å².